The zero-order valence-corrected chi connectivity index (χ0v) is 12.1. The molecular formula is C13H19IN2O. The molecule has 1 aliphatic rings. The van der Waals surface area contributed by atoms with E-state index in [0.717, 1.165) is 28.1 Å². The highest BCUT2D eigenvalue weighted by Gasteiger charge is 2.14. The fourth-order valence-corrected chi connectivity index (χ4v) is 2.68. The van der Waals surface area contributed by atoms with Crippen LogP contribution in [-0.2, 0) is 4.74 Å². The van der Waals surface area contributed by atoms with Crippen LogP contribution in [0.15, 0.2) is 18.2 Å². The predicted octanol–water partition coefficient (Wildman–Crippen LogP) is 3.24. The summed E-state index contributed by atoms with van der Waals surface area (Å²) in [6.07, 6.45) is 5.59. The van der Waals surface area contributed by atoms with Crippen LogP contribution in [0.3, 0.4) is 0 Å². The van der Waals surface area contributed by atoms with E-state index in [1.54, 1.807) is 0 Å². The lowest BCUT2D eigenvalue weighted by Crippen LogP contribution is -2.15. The van der Waals surface area contributed by atoms with Gasteiger partial charge in [0.2, 0.25) is 0 Å². The van der Waals surface area contributed by atoms with Gasteiger partial charge in [-0.15, -0.1) is 0 Å². The van der Waals surface area contributed by atoms with E-state index >= 15 is 0 Å². The predicted molar refractivity (Wildman–Crippen MR) is 80.3 cm³/mol. The van der Waals surface area contributed by atoms with Crippen LogP contribution in [0.4, 0.5) is 11.4 Å². The Morgan fingerprint density at radius 3 is 2.82 bits per heavy atom. The number of rotatable bonds is 5. The molecule has 94 valence electrons. The van der Waals surface area contributed by atoms with Crippen LogP contribution in [0, 0.1) is 3.57 Å². The summed E-state index contributed by atoms with van der Waals surface area (Å²) in [7, 11) is 0. The van der Waals surface area contributed by atoms with Crippen molar-refractivity contribution in [3.8, 4) is 0 Å². The summed E-state index contributed by atoms with van der Waals surface area (Å²) in [5.74, 6) is 0. The molecule has 1 fully saturated rings. The summed E-state index contributed by atoms with van der Waals surface area (Å²) < 4.78 is 6.94. The van der Waals surface area contributed by atoms with Crippen LogP contribution >= 0.6 is 22.6 Å². The van der Waals surface area contributed by atoms with E-state index in [2.05, 4.69) is 34.0 Å². The fourth-order valence-electron chi connectivity index (χ4n) is 2.16. The Bertz CT molecular complexity index is 364. The third-order valence-corrected chi connectivity index (χ3v) is 3.76. The number of anilines is 2. The van der Waals surface area contributed by atoms with Crippen LogP contribution in [0.25, 0.3) is 0 Å². The third-order valence-electron chi connectivity index (χ3n) is 3.09. The lowest BCUT2D eigenvalue weighted by molar-refractivity contribution is 0.0659. The maximum absolute atomic E-state index is 5.92. The maximum atomic E-state index is 5.92. The first-order valence-electron chi connectivity index (χ1n) is 6.16. The number of ether oxygens (including phenoxy) is 1. The molecule has 3 N–H and O–H groups in total. The van der Waals surface area contributed by atoms with Crippen molar-refractivity contribution in [2.75, 3.05) is 24.2 Å². The maximum Gasteiger partial charge on any atom is 0.0642 e. The molecule has 1 saturated carbocycles. The van der Waals surface area contributed by atoms with Crippen LogP contribution < -0.4 is 11.1 Å². The first-order valence-corrected chi connectivity index (χ1v) is 7.24. The topological polar surface area (TPSA) is 47.3 Å². The molecule has 3 nitrogen and oxygen atoms in total. The van der Waals surface area contributed by atoms with E-state index in [9.17, 15) is 0 Å². The molecule has 0 radical (unpaired) electrons. The zero-order valence-electron chi connectivity index (χ0n) is 9.92. The monoisotopic (exact) mass is 346 g/mol. The van der Waals surface area contributed by atoms with Crippen molar-refractivity contribution in [3.63, 3.8) is 0 Å². The molecule has 0 bridgehead atoms. The van der Waals surface area contributed by atoms with Gasteiger partial charge in [0, 0.05) is 10.1 Å². The summed E-state index contributed by atoms with van der Waals surface area (Å²) in [4.78, 5) is 0. The molecule has 0 atom stereocenters. The lowest BCUT2D eigenvalue weighted by Gasteiger charge is -2.13. The molecule has 0 saturated heterocycles. The molecule has 0 heterocycles. The largest absolute Gasteiger partial charge is 0.397 e. The van der Waals surface area contributed by atoms with Crippen molar-refractivity contribution < 1.29 is 4.74 Å². The molecule has 0 unspecified atom stereocenters. The Morgan fingerprint density at radius 2 is 2.12 bits per heavy atom. The number of nitrogen functional groups attached to an aromatic ring is 1. The van der Waals surface area contributed by atoms with Gasteiger partial charge in [-0.2, -0.15) is 0 Å². The Kier molecular flexibility index (Phi) is 4.91. The molecule has 2 rings (SSSR count). The summed E-state index contributed by atoms with van der Waals surface area (Å²) in [5, 5.41) is 3.31. The van der Waals surface area contributed by atoms with Gasteiger partial charge in [0.15, 0.2) is 0 Å². The van der Waals surface area contributed by atoms with Crippen molar-refractivity contribution in [1.29, 1.82) is 0 Å². The number of nitrogens with one attached hydrogen (secondary N) is 1. The summed E-state index contributed by atoms with van der Waals surface area (Å²) in [6, 6.07) is 6.05. The van der Waals surface area contributed by atoms with E-state index < -0.39 is 0 Å². The van der Waals surface area contributed by atoms with E-state index in [1.165, 1.54) is 25.7 Å². The Balaban J connectivity index is 1.70. The minimum Gasteiger partial charge on any atom is -0.397 e. The number of nitrogens with two attached hydrogens (primary N) is 1. The molecule has 0 amide bonds. The van der Waals surface area contributed by atoms with Gasteiger partial charge in [-0.1, -0.05) is 12.8 Å². The highest BCUT2D eigenvalue weighted by atomic mass is 127. The fraction of sp³-hybridized carbons (Fsp3) is 0.538. The van der Waals surface area contributed by atoms with Crippen LogP contribution in [0.1, 0.15) is 25.7 Å². The highest BCUT2D eigenvalue weighted by Crippen LogP contribution is 2.22. The molecular weight excluding hydrogens is 327 g/mol. The quantitative estimate of drug-likeness (QED) is 0.489. The Morgan fingerprint density at radius 1 is 1.35 bits per heavy atom. The summed E-state index contributed by atoms with van der Waals surface area (Å²) in [6.45, 7) is 1.58. The summed E-state index contributed by atoms with van der Waals surface area (Å²) >= 11 is 2.26. The van der Waals surface area contributed by atoms with Gasteiger partial charge >= 0.3 is 0 Å². The number of hydrogen-bond donors (Lipinski definition) is 2. The number of hydrogen-bond acceptors (Lipinski definition) is 3. The second kappa shape index (κ2) is 6.44. The van der Waals surface area contributed by atoms with Gasteiger partial charge in [0.25, 0.3) is 0 Å². The second-order valence-electron chi connectivity index (χ2n) is 4.44. The van der Waals surface area contributed by atoms with Gasteiger partial charge in [-0.05, 0) is 53.6 Å². The standard InChI is InChI=1S/C13H19IN2O/c14-10-5-6-13(12(15)9-10)16-7-8-17-11-3-1-2-4-11/h5-6,9,11,16H,1-4,7-8,15H2. The first-order chi connectivity index (χ1) is 8.25. The van der Waals surface area contributed by atoms with Crippen molar-refractivity contribution in [2.45, 2.75) is 31.8 Å². The Hall–Kier alpha value is -0.490. The van der Waals surface area contributed by atoms with Gasteiger partial charge < -0.3 is 15.8 Å². The lowest BCUT2D eigenvalue weighted by atomic mass is 10.3. The van der Waals surface area contributed by atoms with Crippen molar-refractivity contribution in [2.24, 2.45) is 0 Å². The summed E-state index contributed by atoms with van der Waals surface area (Å²) in [5.41, 5.74) is 7.72. The van der Waals surface area contributed by atoms with E-state index in [4.69, 9.17) is 10.5 Å². The molecule has 0 aliphatic heterocycles. The number of benzene rings is 1. The third kappa shape index (κ3) is 4.03. The number of halogens is 1. The smallest absolute Gasteiger partial charge is 0.0642 e. The van der Waals surface area contributed by atoms with E-state index in [1.807, 2.05) is 12.1 Å². The molecule has 1 aromatic carbocycles. The zero-order chi connectivity index (χ0) is 12.1. The molecule has 1 aliphatic carbocycles. The van der Waals surface area contributed by atoms with Crippen molar-refractivity contribution in [3.05, 3.63) is 21.8 Å². The van der Waals surface area contributed by atoms with Crippen molar-refractivity contribution >= 4 is 34.0 Å². The molecule has 0 spiro atoms. The normalized spacial score (nSPS) is 16.3. The minimum absolute atomic E-state index is 0.492. The van der Waals surface area contributed by atoms with Gasteiger partial charge in [-0.3, -0.25) is 0 Å². The van der Waals surface area contributed by atoms with Gasteiger partial charge in [-0.25, -0.2) is 0 Å². The SMILES string of the molecule is Nc1cc(I)ccc1NCCOC1CCCC1. The van der Waals surface area contributed by atoms with Crippen LogP contribution in [0.5, 0.6) is 0 Å². The highest BCUT2D eigenvalue weighted by molar-refractivity contribution is 14.1. The van der Waals surface area contributed by atoms with E-state index in [0.29, 0.717) is 6.10 Å². The van der Waals surface area contributed by atoms with Gasteiger partial charge in [0.05, 0.1) is 24.1 Å². The van der Waals surface area contributed by atoms with Gasteiger partial charge in [0.1, 0.15) is 0 Å². The average molecular weight is 346 g/mol. The van der Waals surface area contributed by atoms with E-state index in [-0.39, 0.29) is 0 Å². The Labute approximate surface area is 116 Å². The molecule has 17 heavy (non-hydrogen) atoms. The first kappa shape index (κ1) is 13.0. The van der Waals surface area contributed by atoms with Crippen LogP contribution in [0.2, 0.25) is 0 Å². The molecule has 4 heteroatoms. The second-order valence-corrected chi connectivity index (χ2v) is 5.68. The van der Waals surface area contributed by atoms with Crippen molar-refractivity contribution in [1.82, 2.24) is 0 Å². The minimum atomic E-state index is 0.492. The molecule has 1 aromatic rings. The van der Waals surface area contributed by atoms with Crippen LogP contribution in [-0.4, -0.2) is 19.3 Å². The average Bonchev–Trinajstić information content (AvgIpc) is 2.79. The molecule has 0 aromatic heterocycles.